The Balaban J connectivity index is 2.24. The van der Waals surface area contributed by atoms with Crippen molar-refractivity contribution in [1.82, 2.24) is 14.7 Å². The third-order valence-corrected chi connectivity index (χ3v) is 4.10. The van der Waals surface area contributed by atoms with Crippen LogP contribution in [0, 0.1) is 18.3 Å². The van der Waals surface area contributed by atoms with Crippen molar-refractivity contribution in [1.29, 1.82) is 5.26 Å². The van der Waals surface area contributed by atoms with Crippen molar-refractivity contribution in [2.24, 2.45) is 0 Å². The van der Waals surface area contributed by atoms with Crippen LogP contribution in [0.2, 0.25) is 0 Å². The first-order valence-electron chi connectivity index (χ1n) is 6.61. The Kier molecular flexibility index (Phi) is 4.81. The summed E-state index contributed by atoms with van der Waals surface area (Å²) in [5.74, 6) is 1.95. The molecule has 0 spiro atoms. The fraction of sp³-hybridized carbons (Fsp3) is 0.429. The first-order chi connectivity index (χ1) is 10.1. The Hall–Kier alpha value is -2.07. The average molecular weight is 304 g/mol. The number of nitriles is 1. The number of hydrogen-bond donors (Lipinski definition) is 0. The third kappa shape index (κ3) is 3.34. The van der Waals surface area contributed by atoms with Gasteiger partial charge in [0.15, 0.2) is 5.82 Å². The number of aryl methyl sites for hydroxylation is 1. The second-order valence-electron chi connectivity index (χ2n) is 4.56. The quantitative estimate of drug-likeness (QED) is 0.842. The van der Waals surface area contributed by atoms with Crippen molar-refractivity contribution in [2.45, 2.75) is 32.6 Å². The Morgan fingerprint density at radius 1 is 1.57 bits per heavy atom. The fourth-order valence-corrected chi connectivity index (χ4v) is 2.64. The fourth-order valence-electron chi connectivity index (χ4n) is 1.89. The van der Waals surface area contributed by atoms with E-state index in [2.05, 4.69) is 17.1 Å². The molecular weight excluding hydrogens is 288 g/mol. The summed E-state index contributed by atoms with van der Waals surface area (Å²) in [5, 5.41) is 13.1. The van der Waals surface area contributed by atoms with Gasteiger partial charge in [-0.15, -0.1) is 0 Å². The first kappa shape index (κ1) is 15.3. The summed E-state index contributed by atoms with van der Waals surface area (Å²) < 4.78 is 6.58. The van der Waals surface area contributed by atoms with Crippen LogP contribution in [-0.2, 0) is 6.54 Å². The van der Waals surface area contributed by atoms with Crippen LogP contribution in [-0.4, -0.2) is 20.5 Å². The average Bonchev–Trinajstić information content (AvgIpc) is 2.92. The standard InChI is InChI=1S/C14H16N4O2S/c1-4-21-10(3)13-16-12(20-17-13)8-18-6-5-9(2)11(7-15)14(18)19/h5-6,10H,4,8H2,1-3H3/t10-/m0/s1. The molecule has 0 aliphatic carbocycles. The van der Waals surface area contributed by atoms with Crippen molar-refractivity contribution in [3.8, 4) is 6.07 Å². The van der Waals surface area contributed by atoms with Crippen molar-refractivity contribution in [3.05, 3.63) is 45.5 Å². The van der Waals surface area contributed by atoms with E-state index in [1.54, 1.807) is 30.9 Å². The van der Waals surface area contributed by atoms with Gasteiger partial charge in [-0.3, -0.25) is 4.79 Å². The SMILES string of the molecule is CCS[C@@H](C)c1noc(Cn2ccc(C)c(C#N)c2=O)n1. The number of hydrogen-bond acceptors (Lipinski definition) is 6. The summed E-state index contributed by atoms with van der Waals surface area (Å²) >= 11 is 1.72. The van der Waals surface area contributed by atoms with E-state index in [0.717, 1.165) is 5.75 Å². The van der Waals surface area contributed by atoms with Crippen LogP contribution in [0.5, 0.6) is 0 Å². The number of thioether (sulfide) groups is 1. The first-order valence-corrected chi connectivity index (χ1v) is 7.66. The van der Waals surface area contributed by atoms with Gasteiger partial charge >= 0.3 is 0 Å². The maximum Gasteiger partial charge on any atom is 0.269 e. The predicted molar refractivity (Wildman–Crippen MR) is 80.1 cm³/mol. The maximum absolute atomic E-state index is 12.1. The lowest BCUT2D eigenvalue weighted by molar-refractivity contribution is 0.365. The lowest BCUT2D eigenvalue weighted by Gasteiger charge is -2.04. The monoisotopic (exact) mass is 304 g/mol. The molecule has 0 fully saturated rings. The number of aromatic nitrogens is 3. The van der Waals surface area contributed by atoms with Gasteiger partial charge in [-0.1, -0.05) is 12.1 Å². The molecule has 6 nitrogen and oxygen atoms in total. The second-order valence-corrected chi connectivity index (χ2v) is 6.18. The van der Waals surface area contributed by atoms with Crippen molar-refractivity contribution < 1.29 is 4.52 Å². The molecule has 0 saturated carbocycles. The summed E-state index contributed by atoms with van der Waals surface area (Å²) in [6.07, 6.45) is 1.63. The molecule has 2 aromatic rings. The summed E-state index contributed by atoms with van der Waals surface area (Å²) in [6.45, 7) is 5.98. The van der Waals surface area contributed by atoms with E-state index in [4.69, 9.17) is 9.78 Å². The molecule has 0 amide bonds. The zero-order valence-electron chi connectivity index (χ0n) is 12.2. The summed E-state index contributed by atoms with van der Waals surface area (Å²) in [5.41, 5.74) is 0.471. The van der Waals surface area contributed by atoms with E-state index >= 15 is 0 Å². The van der Waals surface area contributed by atoms with Gasteiger partial charge in [0.25, 0.3) is 5.56 Å². The molecule has 0 N–H and O–H groups in total. The van der Waals surface area contributed by atoms with E-state index < -0.39 is 0 Å². The molecule has 0 radical (unpaired) electrons. The molecule has 2 aromatic heterocycles. The normalized spacial score (nSPS) is 12.1. The molecule has 2 rings (SSSR count). The topological polar surface area (TPSA) is 84.7 Å². The minimum absolute atomic E-state index is 0.146. The molecule has 2 heterocycles. The molecule has 1 atom stereocenters. The molecule has 0 saturated heterocycles. The zero-order valence-corrected chi connectivity index (χ0v) is 13.0. The highest BCUT2D eigenvalue weighted by atomic mass is 32.2. The highest BCUT2D eigenvalue weighted by Crippen LogP contribution is 2.25. The van der Waals surface area contributed by atoms with Gasteiger partial charge in [0.1, 0.15) is 18.2 Å². The highest BCUT2D eigenvalue weighted by Gasteiger charge is 2.15. The van der Waals surface area contributed by atoms with Gasteiger partial charge in [0.05, 0.1) is 5.25 Å². The van der Waals surface area contributed by atoms with Crippen LogP contribution < -0.4 is 5.56 Å². The van der Waals surface area contributed by atoms with E-state index in [9.17, 15) is 4.79 Å². The van der Waals surface area contributed by atoms with Crippen LogP contribution in [0.1, 0.15) is 41.9 Å². The Bertz CT molecular complexity index is 729. The number of nitrogens with zero attached hydrogens (tertiary/aromatic N) is 4. The van der Waals surface area contributed by atoms with Gasteiger partial charge in [-0.25, -0.2) is 0 Å². The smallest absolute Gasteiger partial charge is 0.269 e. The number of rotatable bonds is 5. The molecule has 0 bridgehead atoms. The zero-order chi connectivity index (χ0) is 15.4. The lowest BCUT2D eigenvalue weighted by Crippen LogP contribution is -2.23. The van der Waals surface area contributed by atoms with Crippen LogP contribution in [0.25, 0.3) is 0 Å². The Morgan fingerprint density at radius 2 is 2.33 bits per heavy atom. The molecule has 0 aromatic carbocycles. The predicted octanol–water partition coefficient (Wildman–Crippen LogP) is 2.27. The minimum Gasteiger partial charge on any atom is -0.337 e. The van der Waals surface area contributed by atoms with Crippen molar-refractivity contribution in [2.75, 3.05) is 5.75 Å². The van der Waals surface area contributed by atoms with Crippen molar-refractivity contribution in [3.63, 3.8) is 0 Å². The van der Waals surface area contributed by atoms with Gasteiger partial charge in [0.2, 0.25) is 5.89 Å². The van der Waals surface area contributed by atoms with Gasteiger partial charge in [-0.2, -0.15) is 22.0 Å². The highest BCUT2D eigenvalue weighted by molar-refractivity contribution is 7.99. The lowest BCUT2D eigenvalue weighted by atomic mass is 10.2. The van der Waals surface area contributed by atoms with E-state index in [1.165, 1.54) is 4.57 Å². The third-order valence-electron chi connectivity index (χ3n) is 3.06. The summed E-state index contributed by atoms with van der Waals surface area (Å²) in [4.78, 5) is 16.4. The van der Waals surface area contributed by atoms with E-state index in [0.29, 0.717) is 17.3 Å². The van der Waals surface area contributed by atoms with E-state index in [-0.39, 0.29) is 22.9 Å². The molecule has 0 aliphatic rings. The molecule has 0 aliphatic heterocycles. The molecule has 0 unspecified atom stereocenters. The largest absolute Gasteiger partial charge is 0.337 e. The molecule has 110 valence electrons. The Morgan fingerprint density at radius 3 is 3.00 bits per heavy atom. The van der Waals surface area contributed by atoms with Crippen LogP contribution in [0.15, 0.2) is 21.6 Å². The van der Waals surface area contributed by atoms with Crippen LogP contribution in [0.4, 0.5) is 0 Å². The molecular formula is C14H16N4O2S. The molecule has 7 heteroatoms. The van der Waals surface area contributed by atoms with Crippen LogP contribution in [0.3, 0.4) is 0 Å². The van der Waals surface area contributed by atoms with E-state index in [1.807, 2.05) is 13.0 Å². The summed E-state index contributed by atoms with van der Waals surface area (Å²) in [7, 11) is 0. The maximum atomic E-state index is 12.1. The molecule has 21 heavy (non-hydrogen) atoms. The Labute approximate surface area is 126 Å². The van der Waals surface area contributed by atoms with Crippen LogP contribution >= 0.6 is 11.8 Å². The minimum atomic E-state index is -0.340. The number of pyridine rings is 1. The van der Waals surface area contributed by atoms with Crippen molar-refractivity contribution >= 4 is 11.8 Å². The van der Waals surface area contributed by atoms with Gasteiger partial charge in [0, 0.05) is 6.20 Å². The van der Waals surface area contributed by atoms with Gasteiger partial charge in [-0.05, 0) is 31.2 Å². The second kappa shape index (κ2) is 6.59. The van der Waals surface area contributed by atoms with Gasteiger partial charge < -0.3 is 9.09 Å². The summed E-state index contributed by atoms with van der Waals surface area (Å²) in [6, 6.07) is 3.66.